The second kappa shape index (κ2) is 6.15. The van der Waals surface area contributed by atoms with E-state index in [4.69, 9.17) is 9.15 Å². The molecule has 3 rings (SSSR count). The zero-order valence-corrected chi connectivity index (χ0v) is 11.8. The molecule has 1 fully saturated rings. The predicted molar refractivity (Wildman–Crippen MR) is 75.8 cm³/mol. The number of rotatable bonds is 3. The maximum atomic E-state index is 12.9. The number of ether oxygens (including phenoxy) is 1. The highest BCUT2D eigenvalue weighted by molar-refractivity contribution is 5.76. The van der Waals surface area contributed by atoms with Crippen LogP contribution < -0.4 is 5.76 Å². The van der Waals surface area contributed by atoms with E-state index < -0.39 is 5.76 Å². The number of carbonyl (C=O) groups is 1. The molecule has 0 spiro atoms. The number of benzene rings is 1. The molecule has 1 saturated heterocycles. The van der Waals surface area contributed by atoms with Crippen LogP contribution in [0.1, 0.15) is 0 Å². The number of hydrogen-bond donors (Lipinski definition) is 0. The van der Waals surface area contributed by atoms with Gasteiger partial charge >= 0.3 is 5.76 Å². The number of hydrogen-bond acceptors (Lipinski definition) is 4. The SMILES string of the molecule is O=C(Cn1cc(-c2ccc(F)cc2)oc1=O)N1CCOCC1. The third kappa shape index (κ3) is 3.09. The molecular weight excluding hydrogens is 291 g/mol. The van der Waals surface area contributed by atoms with E-state index >= 15 is 0 Å². The molecule has 2 aromatic rings. The Kier molecular flexibility index (Phi) is 4.06. The molecule has 22 heavy (non-hydrogen) atoms. The molecule has 0 aliphatic carbocycles. The van der Waals surface area contributed by atoms with Gasteiger partial charge in [0.15, 0.2) is 5.76 Å². The maximum absolute atomic E-state index is 12.9. The van der Waals surface area contributed by atoms with Gasteiger partial charge in [0.05, 0.1) is 19.4 Å². The summed E-state index contributed by atoms with van der Waals surface area (Å²) in [5.74, 6) is -0.828. The first-order valence-corrected chi connectivity index (χ1v) is 6.95. The first-order chi connectivity index (χ1) is 10.6. The van der Waals surface area contributed by atoms with Crippen molar-refractivity contribution in [2.45, 2.75) is 6.54 Å². The normalized spacial score (nSPS) is 15.0. The molecule has 0 atom stereocenters. The van der Waals surface area contributed by atoms with Crippen LogP contribution in [0.5, 0.6) is 0 Å². The Morgan fingerprint density at radius 1 is 1.18 bits per heavy atom. The Balaban J connectivity index is 1.76. The molecule has 1 amide bonds. The average Bonchev–Trinajstić information content (AvgIpc) is 2.90. The maximum Gasteiger partial charge on any atom is 0.419 e. The van der Waals surface area contributed by atoms with Gasteiger partial charge in [-0.05, 0) is 24.3 Å². The molecule has 0 saturated carbocycles. The van der Waals surface area contributed by atoms with Crippen molar-refractivity contribution in [3.63, 3.8) is 0 Å². The highest BCUT2D eigenvalue weighted by Crippen LogP contribution is 2.18. The topological polar surface area (TPSA) is 64.7 Å². The molecule has 0 N–H and O–H groups in total. The summed E-state index contributed by atoms with van der Waals surface area (Å²) in [7, 11) is 0. The molecule has 1 aliphatic heterocycles. The monoisotopic (exact) mass is 306 g/mol. The summed E-state index contributed by atoms with van der Waals surface area (Å²) in [6.45, 7) is 1.98. The summed E-state index contributed by atoms with van der Waals surface area (Å²) in [6.07, 6.45) is 1.47. The molecule has 7 heteroatoms. The van der Waals surface area contributed by atoms with E-state index in [2.05, 4.69) is 0 Å². The Morgan fingerprint density at radius 3 is 2.55 bits per heavy atom. The highest BCUT2D eigenvalue weighted by Gasteiger charge is 2.19. The van der Waals surface area contributed by atoms with Gasteiger partial charge in [0.25, 0.3) is 0 Å². The lowest BCUT2D eigenvalue weighted by atomic mass is 10.2. The lowest BCUT2D eigenvalue weighted by Gasteiger charge is -2.26. The quantitative estimate of drug-likeness (QED) is 0.852. The van der Waals surface area contributed by atoms with Gasteiger partial charge in [-0.15, -0.1) is 0 Å². The van der Waals surface area contributed by atoms with Crippen molar-refractivity contribution >= 4 is 5.91 Å². The minimum absolute atomic E-state index is 0.0798. The number of oxazole rings is 1. The van der Waals surface area contributed by atoms with Gasteiger partial charge < -0.3 is 14.1 Å². The van der Waals surface area contributed by atoms with Crippen molar-refractivity contribution in [2.24, 2.45) is 0 Å². The third-order valence-electron chi connectivity index (χ3n) is 3.50. The fourth-order valence-electron chi connectivity index (χ4n) is 2.29. The lowest BCUT2D eigenvalue weighted by Crippen LogP contribution is -2.43. The Bertz CT molecular complexity index is 714. The van der Waals surface area contributed by atoms with Gasteiger partial charge in [-0.2, -0.15) is 0 Å². The van der Waals surface area contributed by atoms with E-state index in [1.165, 1.54) is 35.0 Å². The number of aromatic nitrogens is 1. The average molecular weight is 306 g/mol. The molecule has 0 bridgehead atoms. The van der Waals surface area contributed by atoms with Crippen LogP contribution in [0.4, 0.5) is 4.39 Å². The van der Waals surface area contributed by atoms with Crippen molar-refractivity contribution in [3.8, 4) is 11.3 Å². The third-order valence-corrected chi connectivity index (χ3v) is 3.50. The molecule has 0 unspecified atom stereocenters. The Hall–Kier alpha value is -2.41. The van der Waals surface area contributed by atoms with Gasteiger partial charge in [-0.3, -0.25) is 9.36 Å². The zero-order valence-electron chi connectivity index (χ0n) is 11.8. The van der Waals surface area contributed by atoms with Crippen LogP contribution in [-0.4, -0.2) is 41.7 Å². The molecule has 6 nitrogen and oxygen atoms in total. The fourth-order valence-corrected chi connectivity index (χ4v) is 2.29. The first-order valence-electron chi connectivity index (χ1n) is 6.95. The van der Waals surface area contributed by atoms with E-state index in [9.17, 15) is 14.0 Å². The number of morpholine rings is 1. The summed E-state index contributed by atoms with van der Waals surface area (Å²) in [5, 5.41) is 0. The van der Waals surface area contributed by atoms with E-state index in [1.807, 2.05) is 0 Å². The minimum atomic E-state index is -0.610. The fraction of sp³-hybridized carbons (Fsp3) is 0.333. The predicted octanol–water partition coefficient (Wildman–Crippen LogP) is 1.11. The molecule has 1 aromatic heterocycles. The summed E-state index contributed by atoms with van der Waals surface area (Å²) < 4.78 is 24.4. The molecule has 116 valence electrons. The Morgan fingerprint density at radius 2 is 1.86 bits per heavy atom. The van der Waals surface area contributed by atoms with E-state index in [0.717, 1.165) is 0 Å². The summed E-state index contributed by atoms with van der Waals surface area (Å²) in [6, 6.07) is 5.60. The van der Waals surface area contributed by atoms with Crippen LogP contribution >= 0.6 is 0 Å². The van der Waals surface area contributed by atoms with Gasteiger partial charge in [0, 0.05) is 18.7 Å². The van der Waals surface area contributed by atoms with E-state index in [1.54, 1.807) is 4.90 Å². The number of carbonyl (C=O) groups excluding carboxylic acids is 1. The number of halogens is 1. The van der Waals surface area contributed by atoms with Crippen LogP contribution in [0.25, 0.3) is 11.3 Å². The van der Waals surface area contributed by atoms with Crippen LogP contribution in [0.2, 0.25) is 0 Å². The summed E-state index contributed by atoms with van der Waals surface area (Å²) >= 11 is 0. The smallest absolute Gasteiger partial charge is 0.408 e. The van der Waals surface area contributed by atoms with Crippen LogP contribution in [0, 0.1) is 5.82 Å². The molecule has 2 heterocycles. The van der Waals surface area contributed by atoms with Crippen molar-refractivity contribution < 1.29 is 18.3 Å². The van der Waals surface area contributed by atoms with Crippen LogP contribution in [-0.2, 0) is 16.1 Å². The largest absolute Gasteiger partial charge is 0.419 e. The van der Waals surface area contributed by atoms with Crippen molar-refractivity contribution in [3.05, 3.63) is 46.8 Å². The molecule has 1 aliphatic rings. The molecule has 1 aromatic carbocycles. The molecular formula is C15H15FN2O4. The van der Waals surface area contributed by atoms with Crippen LogP contribution in [0.15, 0.2) is 39.7 Å². The number of amides is 1. The van der Waals surface area contributed by atoms with E-state index in [0.29, 0.717) is 37.6 Å². The lowest BCUT2D eigenvalue weighted by molar-refractivity contribution is -0.136. The Labute approximate surface area is 125 Å². The van der Waals surface area contributed by atoms with Crippen molar-refractivity contribution in [1.29, 1.82) is 0 Å². The zero-order chi connectivity index (χ0) is 15.5. The van der Waals surface area contributed by atoms with E-state index in [-0.39, 0.29) is 18.3 Å². The second-order valence-electron chi connectivity index (χ2n) is 4.99. The second-order valence-corrected chi connectivity index (χ2v) is 4.99. The van der Waals surface area contributed by atoms with Gasteiger partial charge in [-0.25, -0.2) is 9.18 Å². The summed E-state index contributed by atoms with van der Waals surface area (Å²) in [4.78, 5) is 25.6. The van der Waals surface area contributed by atoms with Crippen molar-refractivity contribution in [1.82, 2.24) is 9.47 Å². The molecule has 0 radical (unpaired) electrons. The van der Waals surface area contributed by atoms with Crippen molar-refractivity contribution in [2.75, 3.05) is 26.3 Å². The van der Waals surface area contributed by atoms with Crippen LogP contribution in [0.3, 0.4) is 0 Å². The standard InChI is InChI=1S/C15H15FN2O4/c16-12-3-1-11(2-4-12)13-9-18(15(20)22-13)10-14(19)17-5-7-21-8-6-17/h1-4,9H,5-8,10H2. The van der Waals surface area contributed by atoms with Gasteiger partial charge in [-0.1, -0.05) is 0 Å². The number of nitrogens with zero attached hydrogens (tertiary/aromatic N) is 2. The van der Waals surface area contributed by atoms with Gasteiger partial charge in [0.1, 0.15) is 12.4 Å². The highest BCUT2D eigenvalue weighted by atomic mass is 19.1. The minimum Gasteiger partial charge on any atom is -0.408 e. The first kappa shape index (κ1) is 14.5. The summed E-state index contributed by atoms with van der Waals surface area (Å²) in [5.41, 5.74) is 0.580. The van der Waals surface area contributed by atoms with Gasteiger partial charge in [0.2, 0.25) is 5.91 Å².